The minimum Gasteiger partial charge on any atom is -0.391 e. The fourth-order valence-electron chi connectivity index (χ4n) is 3.46. The van der Waals surface area contributed by atoms with Crippen molar-refractivity contribution in [1.29, 1.82) is 0 Å². The van der Waals surface area contributed by atoms with Crippen LogP contribution in [0.1, 0.15) is 24.8 Å². The smallest absolute Gasteiger partial charge is 0.0760 e. The first kappa shape index (κ1) is 19.0. The van der Waals surface area contributed by atoms with Gasteiger partial charge in [0.1, 0.15) is 0 Å². The van der Waals surface area contributed by atoms with Gasteiger partial charge in [-0.15, -0.1) is 11.8 Å². The lowest BCUT2D eigenvalue weighted by molar-refractivity contribution is 0.0786. The van der Waals surface area contributed by atoms with Crippen molar-refractivity contribution in [3.8, 4) is 0 Å². The van der Waals surface area contributed by atoms with Crippen molar-refractivity contribution >= 4 is 27.7 Å². The number of thioether (sulfide) groups is 1. The maximum absolute atomic E-state index is 10.5. The number of hydrogen-bond acceptors (Lipinski definition) is 3. The summed E-state index contributed by atoms with van der Waals surface area (Å²) in [7, 11) is 0. The second kappa shape index (κ2) is 9.77. The van der Waals surface area contributed by atoms with Gasteiger partial charge in [0.15, 0.2) is 0 Å². The van der Waals surface area contributed by atoms with Crippen LogP contribution < -0.4 is 0 Å². The average molecular weight is 420 g/mol. The summed E-state index contributed by atoms with van der Waals surface area (Å²) in [5.41, 5.74) is 1.40. The summed E-state index contributed by atoms with van der Waals surface area (Å²) in [4.78, 5) is 3.71. The van der Waals surface area contributed by atoms with E-state index in [4.69, 9.17) is 0 Å². The molecule has 0 spiro atoms. The zero-order chi connectivity index (χ0) is 17.5. The molecular weight excluding hydrogens is 394 g/mol. The van der Waals surface area contributed by atoms with Crippen LogP contribution in [0.5, 0.6) is 0 Å². The van der Waals surface area contributed by atoms with Gasteiger partial charge in [-0.05, 0) is 55.6 Å². The molecule has 0 saturated carbocycles. The predicted molar refractivity (Wildman–Crippen MR) is 110 cm³/mol. The lowest BCUT2D eigenvalue weighted by Gasteiger charge is -2.37. The Morgan fingerprint density at radius 1 is 1.08 bits per heavy atom. The fraction of sp³-hybridized carbons (Fsp3) is 0.429. The zero-order valence-corrected chi connectivity index (χ0v) is 16.9. The Morgan fingerprint density at radius 2 is 1.84 bits per heavy atom. The van der Waals surface area contributed by atoms with E-state index in [1.807, 2.05) is 0 Å². The van der Waals surface area contributed by atoms with Crippen LogP contribution >= 0.6 is 27.7 Å². The van der Waals surface area contributed by atoms with Crippen molar-refractivity contribution in [3.63, 3.8) is 0 Å². The summed E-state index contributed by atoms with van der Waals surface area (Å²) < 4.78 is 1.09. The number of nitrogens with zero attached hydrogens (tertiary/aromatic N) is 1. The highest BCUT2D eigenvalue weighted by molar-refractivity contribution is 9.10. The van der Waals surface area contributed by atoms with Gasteiger partial charge in [-0.1, -0.05) is 52.7 Å². The van der Waals surface area contributed by atoms with Crippen molar-refractivity contribution in [2.75, 3.05) is 18.8 Å². The van der Waals surface area contributed by atoms with Crippen molar-refractivity contribution in [3.05, 3.63) is 64.6 Å². The summed E-state index contributed by atoms with van der Waals surface area (Å²) in [5.74, 6) is 0.746. The molecule has 2 aromatic rings. The van der Waals surface area contributed by atoms with Gasteiger partial charge in [-0.25, -0.2) is 0 Å². The Bertz CT molecular complexity index is 634. The Morgan fingerprint density at radius 3 is 2.60 bits per heavy atom. The third kappa shape index (κ3) is 6.14. The summed E-state index contributed by atoms with van der Waals surface area (Å²) in [5, 5.41) is 10.5. The Hall–Kier alpha value is -0.810. The van der Waals surface area contributed by atoms with Gasteiger partial charge >= 0.3 is 0 Å². The van der Waals surface area contributed by atoms with Crippen LogP contribution in [0, 0.1) is 0 Å². The van der Waals surface area contributed by atoms with E-state index in [2.05, 4.69) is 75.4 Å². The number of rotatable bonds is 7. The number of β-amino-alcohol motifs (C(OH)–C–C–N with tert-alkyl or cyclic N) is 1. The van der Waals surface area contributed by atoms with Crippen LogP contribution in [-0.4, -0.2) is 41.0 Å². The van der Waals surface area contributed by atoms with E-state index < -0.39 is 0 Å². The molecule has 1 N–H and O–H groups in total. The van der Waals surface area contributed by atoms with E-state index in [-0.39, 0.29) is 6.10 Å². The Labute approximate surface area is 163 Å². The molecule has 0 amide bonds. The number of halogens is 1. The molecule has 3 rings (SSSR count). The van der Waals surface area contributed by atoms with Gasteiger partial charge in [0, 0.05) is 27.7 Å². The molecule has 1 fully saturated rings. The molecule has 2 aromatic carbocycles. The van der Waals surface area contributed by atoms with E-state index in [1.54, 1.807) is 11.8 Å². The highest BCUT2D eigenvalue weighted by Gasteiger charge is 2.24. The van der Waals surface area contributed by atoms with Gasteiger partial charge in [0.25, 0.3) is 0 Å². The molecule has 1 saturated heterocycles. The van der Waals surface area contributed by atoms with E-state index in [0.29, 0.717) is 6.04 Å². The normalized spacial score (nSPS) is 19.7. The molecule has 1 heterocycles. The van der Waals surface area contributed by atoms with Gasteiger partial charge in [-0.2, -0.15) is 0 Å². The van der Waals surface area contributed by atoms with Gasteiger partial charge in [-0.3, -0.25) is 4.90 Å². The van der Waals surface area contributed by atoms with Crippen molar-refractivity contribution in [1.82, 2.24) is 4.90 Å². The number of piperidine rings is 1. The first-order valence-electron chi connectivity index (χ1n) is 9.05. The van der Waals surface area contributed by atoms with E-state index >= 15 is 0 Å². The average Bonchev–Trinajstić information content (AvgIpc) is 2.64. The number of likely N-dealkylation sites (tertiary alicyclic amines) is 1. The Kier molecular flexibility index (Phi) is 7.41. The SMILES string of the molecule is OC(CSc1ccc(Br)cc1)CN1CCCCC1Cc1ccccc1. The molecule has 0 aromatic heterocycles. The molecule has 0 radical (unpaired) electrons. The molecule has 2 atom stereocenters. The zero-order valence-electron chi connectivity index (χ0n) is 14.5. The molecule has 4 heteroatoms. The topological polar surface area (TPSA) is 23.5 Å². The Balaban J connectivity index is 1.51. The summed E-state index contributed by atoms with van der Waals surface area (Å²) in [6.07, 6.45) is 4.59. The molecule has 1 aliphatic heterocycles. The van der Waals surface area contributed by atoms with E-state index in [0.717, 1.165) is 29.7 Å². The van der Waals surface area contributed by atoms with Gasteiger partial charge < -0.3 is 5.11 Å². The first-order valence-corrected chi connectivity index (χ1v) is 10.8. The third-order valence-electron chi connectivity index (χ3n) is 4.76. The third-order valence-corrected chi connectivity index (χ3v) is 6.45. The van der Waals surface area contributed by atoms with Crippen LogP contribution in [0.4, 0.5) is 0 Å². The first-order chi connectivity index (χ1) is 12.2. The fourth-order valence-corrected chi connectivity index (χ4v) is 4.55. The lowest BCUT2D eigenvalue weighted by atomic mass is 9.95. The summed E-state index contributed by atoms with van der Waals surface area (Å²) >= 11 is 5.19. The largest absolute Gasteiger partial charge is 0.391 e. The standard InChI is InChI=1S/C21H26BrNOS/c22-18-9-11-21(12-10-18)25-16-20(24)15-23-13-5-4-8-19(23)14-17-6-2-1-3-7-17/h1-3,6-7,9-12,19-20,24H,4-5,8,13-16H2. The van der Waals surface area contributed by atoms with Gasteiger partial charge in [0.05, 0.1) is 6.10 Å². The predicted octanol–water partition coefficient (Wildman–Crippen LogP) is 5.00. The van der Waals surface area contributed by atoms with Crippen LogP contribution in [0.2, 0.25) is 0 Å². The molecule has 2 unspecified atom stereocenters. The summed E-state index contributed by atoms with van der Waals surface area (Å²) in [6, 6.07) is 19.6. The van der Waals surface area contributed by atoms with Crippen LogP contribution in [0.3, 0.4) is 0 Å². The minimum atomic E-state index is -0.287. The molecule has 134 valence electrons. The van der Waals surface area contributed by atoms with Crippen molar-refractivity contribution in [2.24, 2.45) is 0 Å². The molecule has 0 aliphatic carbocycles. The molecule has 25 heavy (non-hydrogen) atoms. The van der Waals surface area contributed by atoms with E-state index in [9.17, 15) is 5.11 Å². The quantitative estimate of drug-likeness (QED) is 0.638. The lowest BCUT2D eigenvalue weighted by Crippen LogP contribution is -2.45. The van der Waals surface area contributed by atoms with Crippen molar-refractivity contribution < 1.29 is 5.11 Å². The maximum atomic E-state index is 10.5. The van der Waals surface area contributed by atoms with Crippen molar-refractivity contribution in [2.45, 2.75) is 42.7 Å². The highest BCUT2D eigenvalue weighted by Crippen LogP contribution is 2.24. The molecule has 0 bridgehead atoms. The van der Waals surface area contributed by atoms with Crippen LogP contribution in [-0.2, 0) is 6.42 Å². The van der Waals surface area contributed by atoms with Crippen LogP contribution in [0.25, 0.3) is 0 Å². The monoisotopic (exact) mass is 419 g/mol. The molecule has 2 nitrogen and oxygen atoms in total. The number of aliphatic hydroxyl groups is 1. The maximum Gasteiger partial charge on any atom is 0.0760 e. The second-order valence-corrected chi connectivity index (χ2v) is 8.76. The molecule has 1 aliphatic rings. The number of benzene rings is 2. The number of hydrogen-bond donors (Lipinski definition) is 1. The second-order valence-electron chi connectivity index (χ2n) is 6.75. The molecular formula is C21H26BrNOS. The van der Waals surface area contributed by atoms with E-state index in [1.165, 1.54) is 29.7 Å². The van der Waals surface area contributed by atoms with Gasteiger partial charge in [0.2, 0.25) is 0 Å². The van der Waals surface area contributed by atoms with Crippen LogP contribution in [0.15, 0.2) is 64.0 Å². The highest BCUT2D eigenvalue weighted by atomic mass is 79.9. The summed E-state index contributed by atoms with van der Waals surface area (Å²) in [6.45, 7) is 1.89. The minimum absolute atomic E-state index is 0.287. The number of aliphatic hydroxyl groups excluding tert-OH is 1.